The van der Waals surface area contributed by atoms with E-state index in [-0.39, 0.29) is 11.9 Å². The first-order chi connectivity index (χ1) is 7.69. The molecule has 1 atom stereocenters. The third-order valence-corrected chi connectivity index (χ3v) is 2.24. The molecule has 0 heterocycles. The number of ketones is 1. The first-order valence-corrected chi connectivity index (χ1v) is 5.46. The van der Waals surface area contributed by atoms with Crippen molar-refractivity contribution in [2.75, 3.05) is 13.7 Å². The maximum atomic E-state index is 11.7. The van der Waals surface area contributed by atoms with Crippen LogP contribution in [0.5, 0.6) is 5.75 Å². The summed E-state index contributed by atoms with van der Waals surface area (Å²) in [5, 5.41) is 0. The highest BCUT2D eigenvalue weighted by Crippen LogP contribution is 2.20. The molecule has 3 heteroatoms. The van der Waals surface area contributed by atoms with E-state index in [1.807, 2.05) is 32.0 Å². The standard InChI is InChI=1S/C13H18O3/c1-4-12(14)11-7-5-6-8-13(11)16-10(2)9-15-3/h5-8,10H,4,9H2,1-3H3. The van der Waals surface area contributed by atoms with E-state index in [2.05, 4.69) is 0 Å². The Hall–Kier alpha value is -1.35. The highest BCUT2D eigenvalue weighted by molar-refractivity contribution is 5.98. The van der Waals surface area contributed by atoms with Crippen LogP contribution in [-0.2, 0) is 4.74 Å². The average Bonchev–Trinajstić information content (AvgIpc) is 2.29. The molecule has 3 nitrogen and oxygen atoms in total. The van der Waals surface area contributed by atoms with Crippen molar-refractivity contribution in [3.8, 4) is 5.75 Å². The average molecular weight is 222 g/mol. The second-order valence-corrected chi connectivity index (χ2v) is 3.66. The number of hydrogen-bond donors (Lipinski definition) is 0. The molecule has 0 amide bonds. The highest BCUT2D eigenvalue weighted by atomic mass is 16.5. The second-order valence-electron chi connectivity index (χ2n) is 3.66. The maximum Gasteiger partial charge on any atom is 0.166 e. The summed E-state index contributed by atoms with van der Waals surface area (Å²) < 4.78 is 10.7. The molecular weight excluding hydrogens is 204 g/mol. The molecule has 16 heavy (non-hydrogen) atoms. The molecule has 0 saturated carbocycles. The molecule has 0 saturated heterocycles. The van der Waals surface area contributed by atoms with E-state index >= 15 is 0 Å². The molecule has 0 radical (unpaired) electrons. The van der Waals surface area contributed by atoms with Gasteiger partial charge in [-0.05, 0) is 19.1 Å². The van der Waals surface area contributed by atoms with Gasteiger partial charge >= 0.3 is 0 Å². The van der Waals surface area contributed by atoms with E-state index < -0.39 is 0 Å². The monoisotopic (exact) mass is 222 g/mol. The van der Waals surface area contributed by atoms with Crippen LogP contribution in [0.25, 0.3) is 0 Å². The quantitative estimate of drug-likeness (QED) is 0.694. The van der Waals surface area contributed by atoms with E-state index in [4.69, 9.17) is 9.47 Å². The van der Waals surface area contributed by atoms with Crippen molar-refractivity contribution in [3.05, 3.63) is 29.8 Å². The minimum atomic E-state index is -0.0594. The lowest BCUT2D eigenvalue weighted by Crippen LogP contribution is -2.19. The summed E-state index contributed by atoms with van der Waals surface area (Å²) in [7, 11) is 1.63. The molecule has 0 aliphatic heterocycles. The minimum Gasteiger partial charge on any atom is -0.488 e. The molecule has 1 unspecified atom stereocenters. The number of benzene rings is 1. The number of Topliss-reactive ketones (excluding diaryl/α,β-unsaturated/α-hetero) is 1. The van der Waals surface area contributed by atoms with Crippen molar-refractivity contribution in [3.63, 3.8) is 0 Å². The Morgan fingerprint density at radius 2 is 2.06 bits per heavy atom. The summed E-state index contributed by atoms with van der Waals surface area (Å²) in [4.78, 5) is 11.7. The zero-order valence-electron chi connectivity index (χ0n) is 10.0. The fourth-order valence-corrected chi connectivity index (χ4v) is 1.48. The van der Waals surface area contributed by atoms with Gasteiger partial charge in [-0.1, -0.05) is 19.1 Å². The van der Waals surface area contributed by atoms with Crippen LogP contribution in [0.2, 0.25) is 0 Å². The molecule has 1 aromatic rings. The van der Waals surface area contributed by atoms with Crippen LogP contribution >= 0.6 is 0 Å². The van der Waals surface area contributed by atoms with Crippen LogP contribution in [0, 0.1) is 0 Å². The van der Waals surface area contributed by atoms with Crippen molar-refractivity contribution in [2.24, 2.45) is 0 Å². The van der Waals surface area contributed by atoms with E-state index in [1.54, 1.807) is 13.2 Å². The molecule has 0 fully saturated rings. The number of carbonyl (C=O) groups is 1. The van der Waals surface area contributed by atoms with Gasteiger partial charge in [-0.3, -0.25) is 4.79 Å². The van der Waals surface area contributed by atoms with Crippen molar-refractivity contribution in [2.45, 2.75) is 26.4 Å². The van der Waals surface area contributed by atoms with Crippen LogP contribution in [0.3, 0.4) is 0 Å². The van der Waals surface area contributed by atoms with Gasteiger partial charge in [0.25, 0.3) is 0 Å². The predicted molar refractivity (Wildman–Crippen MR) is 63.0 cm³/mol. The summed E-state index contributed by atoms with van der Waals surface area (Å²) in [5.74, 6) is 0.735. The second kappa shape index (κ2) is 6.28. The molecule has 1 aromatic carbocycles. The molecule has 0 bridgehead atoms. The van der Waals surface area contributed by atoms with Crippen LogP contribution in [0.15, 0.2) is 24.3 Å². The fourth-order valence-electron chi connectivity index (χ4n) is 1.48. The van der Waals surface area contributed by atoms with Crippen LogP contribution in [0.4, 0.5) is 0 Å². The number of carbonyl (C=O) groups excluding carboxylic acids is 1. The van der Waals surface area contributed by atoms with Crippen LogP contribution < -0.4 is 4.74 Å². The Kier molecular flexibility index (Phi) is 4.99. The van der Waals surface area contributed by atoms with E-state index in [0.29, 0.717) is 24.3 Å². The molecule has 1 rings (SSSR count). The van der Waals surface area contributed by atoms with Gasteiger partial charge in [0, 0.05) is 13.5 Å². The molecule has 0 aromatic heterocycles. The highest BCUT2D eigenvalue weighted by Gasteiger charge is 2.12. The van der Waals surface area contributed by atoms with Crippen molar-refractivity contribution >= 4 is 5.78 Å². The van der Waals surface area contributed by atoms with E-state index in [1.165, 1.54) is 0 Å². The lowest BCUT2D eigenvalue weighted by Gasteiger charge is -2.15. The molecule has 0 spiro atoms. The van der Waals surface area contributed by atoms with Gasteiger partial charge in [0.05, 0.1) is 12.2 Å². The van der Waals surface area contributed by atoms with Gasteiger partial charge < -0.3 is 9.47 Å². The Labute approximate surface area is 96.4 Å². The Balaban J connectivity index is 2.82. The first-order valence-electron chi connectivity index (χ1n) is 5.46. The smallest absolute Gasteiger partial charge is 0.166 e. The van der Waals surface area contributed by atoms with Crippen molar-refractivity contribution in [1.29, 1.82) is 0 Å². The van der Waals surface area contributed by atoms with Gasteiger partial charge in [-0.2, -0.15) is 0 Å². The molecule has 88 valence electrons. The third kappa shape index (κ3) is 3.35. The topological polar surface area (TPSA) is 35.5 Å². The van der Waals surface area contributed by atoms with Gasteiger partial charge in [0.15, 0.2) is 5.78 Å². The Morgan fingerprint density at radius 3 is 2.69 bits per heavy atom. The summed E-state index contributed by atoms with van der Waals surface area (Å²) in [5.41, 5.74) is 0.646. The zero-order valence-corrected chi connectivity index (χ0v) is 10.0. The van der Waals surface area contributed by atoms with Crippen molar-refractivity contribution < 1.29 is 14.3 Å². The normalized spacial score (nSPS) is 12.2. The summed E-state index contributed by atoms with van der Waals surface area (Å²) >= 11 is 0. The summed E-state index contributed by atoms with van der Waals surface area (Å²) in [6, 6.07) is 7.31. The van der Waals surface area contributed by atoms with Gasteiger partial charge in [-0.25, -0.2) is 0 Å². The number of methoxy groups -OCH3 is 1. The number of hydrogen-bond acceptors (Lipinski definition) is 3. The summed E-state index contributed by atoms with van der Waals surface area (Å²) in [6.45, 7) is 4.27. The molecule has 0 N–H and O–H groups in total. The maximum absolute atomic E-state index is 11.7. The molecular formula is C13H18O3. The summed E-state index contributed by atoms with van der Waals surface area (Å²) in [6.07, 6.45) is 0.426. The predicted octanol–water partition coefficient (Wildman–Crippen LogP) is 2.69. The molecule has 0 aliphatic rings. The van der Waals surface area contributed by atoms with Gasteiger partial charge in [0.1, 0.15) is 11.9 Å². The number of para-hydroxylation sites is 1. The first kappa shape index (κ1) is 12.7. The van der Waals surface area contributed by atoms with Gasteiger partial charge in [-0.15, -0.1) is 0 Å². The lowest BCUT2D eigenvalue weighted by atomic mass is 10.1. The number of rotatable bonds is 6. The number of ether oxygens (including phenoxy) is 2. The van der Waals surface area contributed by atoms with Crippen molar-refractivity contribution in [1.82, 2.24) is 0 Å². The van der Waals surface area contributed by atoms with E-state index in [0.717, 1.165) is 0 Å². The zero-order chi connectivity index (χ0) is 12.0. The Morgan fingerprint density at radius 1 is 1.38 bits per heavy atom. The van der Waals surface area contributed by atoms with Crippen LogP contribution in [-0.4, -0.2) is 25.6 Å². The van der Waals surface area contributed by atoms with Crippen LogP contribution in [0.1, 0.15) is 30.6 Å². The third-order valence-electron chi connectivity index (χ3n) is 2.24. The Bertz CT molecular complexity index is 347. The lowest BCUT2D eigenvalue weighted by molar-refractivity contribution is 0.0882. The SMILES string of the molecule is CCC(=O)c1ccccc1OC(C)COC. The fraction of sp³-hybridized carbons (Fsp3) is 0.462. The largest absolute Gasteiger partial charge is 0.488 e. The van der Waals surface area contributed by atoms with E-state index in [9.17, 15) is 4.79 Å². The molecule has 0 aliphatic carbocycles. The minimum absolute atomic E-state index is 0.0594. The van der Waals surface area contributed by atoms with Gasteiger partial charge in [0.2, 0.25) is 0 Å².